The van der Waals surface area contributed by atoms with Crippen LogP contribution in [0.5, 0.6) is 11.6 Å². The average molecular weight is 593 g/mol. The minimum atomic E-state index is -0.209. The second kappa shape index (κ2) is 13.4. The van der Waals surface area contributed by atoms with Gasteiger partial charge in [0.05, 0.1) is 32.0 Å². The lowest BCUT2D eigenvalue weighted by Gasteiger charge is -2.15. The van der Waals surface area contributed by atoms with E-state index in [1.165, 1.54) is 0 Å². The summed E-state index contributed by atoms with van der Waals surface area (Å²) in [4.78, 5) is 18.3. The van der Waals surface area contributed by atoms with Crippen LogP contribution in [0.1, 0.15) is 12.5 Å². The van der Waals surface area contributed by atoms with Crippen molar-refractivity contribution in [2.45, 2.75) is 19.6 Å². The van der Waals surface area contributed by atoms with Crippen molar-refractivity contribution in [2.75, 3.05) is 37.5 Å². The highest BCUT2D eigenvalue weighted by Gasteiger charge is 2.16. The van der Waals surface area contributed by atoms with Crippen molar-refractivity contribution in [3.63, 3.8) is 0 Å². The molecule has 44 heavy (non-hydrogen) atoms. The van der Waals surface area contributed by atoms with Crippen LogP contribution in [0.4, 0.5) is 17.5 Å². The molecule has 4 aromatic heterocycles. The first-order valence-electron chi connectivity index (χ1n) is 14.2. The minimum Gasteiger partial charge on any atom is -0.508 e. The SMILES string of the molecule is CNc1ncc(-c2nc3cc(O)ccc3o2)c2cc(Nc3cccc(OC(C)COCCOCc4ccccc4)n3)ncc12. The third-order valence-electron chi connectivity index (χ3n) is 6.75. The van der Waals surface area contributed by atoms with Crippen LogP contribution in [0, 0.1) is 0 Å². The number of ether oxygens (including phenoxy) is 3. The largest absolute Gasteiger partial charge is 0.508 e. The molecule has 0 fully saturated rings. The van der Waals surface area contributed by atoms with Crippen molar-refractivity contribution in [3.05, 3.63) is 90.8 Å². The number of nitrogens with one attached hydrogen (secondary N) is 2. The summed E-state index contributed by atoms with van der Waals surface area (Å²) in [7, 11) is 1.80. The fourth-order valence-corrected chi connectivity index (χ4v) is 4.66. The van der Waals surface area contributed by atoms with E-state index in [9.17, 15) is 5.11 Å². The number of phenols is 1. The van der Waals surface area contributed by atoms with E-state index < -0.39 is 0 Å². The van der Waals surface area contributed by atoms with Crippen LogP contribution < -0.4 is 15.4 Å². The number of anilines is 3. The zero-order valence-electron chi connectivity index (χ0n) is 24.4. The van der Waals surface area contributed by atoms with E-state index >= 15 is 0 Å². The third kappa shape index (κ3) is 6.86. The van der Waals surface area contributed by atoms with E-state index in [0.717, 1.165) is 16.3 Å². The Kier molecular flexibility index (Phi) is 8.76. The Bertz CT molecular complexity index is 1860. The molecule has 0 aliphatic carbocycles. The van der Waals surface area contributed by atoms with Crippen LogP contribution >= 0.6 is 0 Å². The zero-order valence-corrected chi connectivity index (χ0v) is 24.4. The highest BCUT2D eigenvalue weighted by molar-refractivity contribution is 6.01. The molecule has 0 radical (unpaired) electrons. The average Bonchev–Trinajstić information content (AvgIpc) is 3.45. The molecule has 0 bridgehead atoms. The van der Waals surface area contributed by atoms with Crippen LogP contribution in [-0.2, 0) is 16.1 Å². The number of pyridine rings is 3. The van der Waals surface area contributed by atoms with E-state index in [1.54, 1.807) is 43.7 Å². The summed E-state index contributed by atoms with van der Waals surface area (Å²) in [5, 5.41) is 17.8. The predicted octanol–water partition coefficient (Wildman–Crippen LogP) is 6.32. The van der Waals surface area contributed by atoms with Gasteiger partial charge in [-0.05, 0) is 36.8 Å². The second-order valence-electron chi connectivity index (χ2n) is 10.1. The molecular formula is C33H32N6O5. The van der Waals surface area contributed by atoms with Crippen LogP contribution in [-0.4, -0.2) is 58.0 Å². The Hall–Kier alpha value is -5.26. The second-order valence-corrected chi connectivity index (χ2v) is 10.1. The van der Waals surface area contributed by atoms with Gasteiger partial charge in [-0.25, -0.2) is 15.0 Å². The first-order valence-corrected chi connectivity index (χ1v) is 14.2. The van der Waals surface area contributed by atoms with Crippen molar-refractivity contribution < 1.29 is 23.7 Å². The molecule has 0 spiro atoms. The lowest BCUT2D eigenvalue weighted by Crippen LogP contribution is -2.21. The first-order chi connectivity index (χ1) is 21.6. The highest BCUT2D eigenvalue weighted by atomic mass is 16.6. The summed E-state index contributed by atoms with van der Waals surface area (Å²) >= 11 is 0. The molecule has 6 rings (SSSR count). The van der Waals surface area contributed by atoms with Gasteiger partial charge >= 0.3 is 0 Å². The first kappa shape index (κ1) is 28.8. The van der Waals surface area contributed by atoms with Crippen LogP contribution in [0.2, 0.25) is 0 Å². The van der Waals surface area contributed by atoms with E-state index in [-0.39, 0.29) is 11.9 Å². The van der Waals surface area contributed by atoms with Crippen molar-refractivity contribution >= 4 is 39.3 Å². The van der Waals surface area contributed by atoms with Crippen molar-refractivity contribution in [2.24, 2.45) is 0 Å². The Balaban J connectivity index is 1.11. The standard InChI is InChI=1S/C33H32N6O5/c1-21(19-41-13-14-42-20-22-7-4-3-5-8-22)43-31-10-6-9-29(39-31)38-30-16-24-25(17-35-30)32(34-2)36-18-26(24)33-37-27-15-23(40)11-12-28(27)44-33/h3-12,15-18,21,40H,13-14,19-20H2,1-2H3,(H,34,36)(H,35,38,39). The Morgan fingerprint density at radius 3 is 2.59 bits per heavy atom. The third-order valence-corrected chi connectivity index (χ3v) is 6.75. The monoisotopic (exact) mass is 592 g/mol. The van der Waals surface area contributed by atoms with Gasteiger partial charge in [-0.1, -0.05) is 36.4 Å². The minimum absolute atomic E-state index is 0.117. The molecule has 11 nitrogen and oxygen atoms in total. The Morgan fingerprint density at radius 2 is 1.73 bits per heavy atom. The molecule has 3 N–H and O–H groups in total. The summed E-state index contributed by atoms with van der Waals surface area (Å²) in [5.41, 5.74) is 2.93. The smallest absolute Gasteiger partial charge is 0.229 e. The van der Waals surface area contributed by atoms with Crippen molar-refractivity contribution in [1.82, 2.24) is 19.9 Å². The van der Waals surface area contributed by atoms with Gasteiger partial charge in [-0.3, -0.25) is 0 Å². The van der Waals surface area contributed by atoms with Gasteiger partial charge < -0.3 is 34.4 Å². The molecule has 4 heterocycles. The molecule has 2 aromatic carbocycles. The van der Waals surface area contributed by atoms with Gasteiger partial charge in [-0.2, -0.15) is 4.98 Å². The Morgan fingerprint density at radius 1 is 0.864 bits per heavy atom. The number of fused-ring (bicyclic) bond motifs is 2. The number of oxazole rings is 1. The van der Waals surface area contributed by atoms with Gasteiger partial charge in [0.2, 0.25) is 11.8 Å². The molecule has 1 atom stereocenters. The molecule has 0 amide bonds. The molecular weight excluding hydrogens is 560 g/mol. The van der Waals surface area contributed by atoms with E-state index in [2.05, 4.69) is 30.6 Å². The van der Waals surface area contributed by atoms with Crippen LogP contribution in [0.3, 0.4) is 0 Å². The van der Waals surface area contributed by atoms with Gasteiger partial charge in [-0.15, -0.1) is 0 Å². The predicted molar refractivity (Wildman–Crippen MR) is 168 cm³/mol. The fraction of sp³-hybridized carbons (Fsp3) is 0.212. The number of nitrogens with zero attached hydrogens (tertiary/aromatic N) is 4. The number of hydrogen-bond acceptors (Lipinski definition) is 11. The zero-order chi connectivity index (χ0) is 30.3. The molecule has 0 aliphatic rings. The van der Waals surface area contributed by atoms with Gasteiger partial charge in [0, 0.05) is 42.3 Å². The van der Waals surface area contributed by atoms with E-state index in [4.69, 9.17) is 18.6 Å². The maximum Gasteiger partial charge on any atom is 0.229 e. The van der Waals surface area contributed by atoms with Crippen molar-refractivity contribution in [1.29, 1.82) is 0 Å². The molecule has 11 heteroatoms. The summed E-state index contributed by atoms with van der Waals surface area (Å²) in [5.74, 6) is 2.77. The summed E-state index contributed by atoms with van der Waals surface area (Å²) in [6.45, 7) is 3.87. The Labute approximate surface area is 253 Å². The number of aromatic hydroxyl groups is 1. The summed E-state index contributed by atoms with van der Waals surface area (Å²) in [6, 6.07) is 22.2. The molecule has 6 aromatic rings. The van der Waals surface area contributed by atoms with E-state index in [1.807, 2.05) is 55.5 Å². The van der Waals surface area contributed by atoms with Gasteiger partial charge in [0.25, 0.3) is 0 Å². The quantitative estimate of drug-likeness (QED) is 0.130. The number of hydrogen-bond donors (Lipinski definition) is 3. The van der Waals surface area contributed by atoms with E-state index in [0.29, 0.717) is 72.3 Å². The normalized spacial score (nSPS) is 12.0. The highest BCUT2D eigenvalue weighted by Crippen LogP contribution is 2.34. The molecule has 224 valence electrons. The maximum absolute atomic E-state index is 9.85. The lowest BCUT2D eigenvalue weighted by molar-refractivity contribution is 0.0111. The number of rotatable bonds is 13. The molecule has 0 aliphatic heterocycles. The summed E-state index contributed by atoms with van der Waals surface area (Å²) in [6.07, 6.45) is 3.23. The van der Waals surface area contributed by atoms with Crippen molar-refractivity contribution in [3.8, 4) is 23.1 Å². The summed E-state index contributed by atoms with van der Waals surface area (Å²) < 4.78 is 23.4. The number of aromatic nitrogens is 4. The van der Waals surface area contributed by atoms with Gasteiger partial charge in [0.1, 0.15) is 34.8 Å². The maximum atomic E-state index is 9.85. The topological polar surface area (TPSA) is 137 Å². The number of phenolic OH excluding ortho intramolecular Hbond substituents is 1. The molecule has 0 saturated carbocycles. The van der Waals surface area contributed by atoms with Crippen LogP contribution in [0.25, 0.3) is 33.3 Å². The number of benzene rings is 2. The fourth-order valence-electron chi connectivity index (χ4n) is 4.66. The van der Waals surface area contributed by atoms with Crippen LogP contribution in [0.15, 0.2) is 89.6 Å². The lowest BCUT2D eigenvalue weighted by atomic mass is 10.1. The molecule has 0 saturated heterocycles. The molecule has 1 unspecified atom stereocenters. The van der Waals surface area contributed by atoms with Gasteiger partial charge in [0.15, 0.2) is 5.58 Å².